The van der Waals surface area contributed by atoms with E-state index < -0.39 is 0 Å². The van der Waals surface area contributed by atoms with Crippen molar-refractivity contribution < 1.29 is 0 Å². The maximum absolute atomic E-state index is 4.64. The van der Waals surface area contributed by atoms with E-state index in [1.165, 1.54) is 0 Å². The Labute approximate surface area is 98.0 Å². The van der Waals surface area contributed by atoms with E-state index in [9.17, 15) is 0 Å². The van der Waals surface area contributed by atoms with E-state index >= 15 is 0 Å². The van der Waals surface area contributed by atoms with Gasteiger partial charge in [-0.15, -0.1) is 0 Å². The van der Waals surface area contributed by atoms with Crippen LogP contribution in [0.5, 0.6) is 0 Å². The van der Waals surface area contributed by atoms with E-state index in [1.54, 1.807) is 0 Å². The third-order valence-corrected chi connectivity index (χ3v) is 4.25. The number of piperazine rings is 1. The van der Waals surface area contributed by atoms with E-state index in [0.29, 0.717) is 12.1 Å². The van der Waals surface area contributed by atoms with Crippen LogP contribution >= 0.6 is 24.6 Å². The first-order valence-corrected chi connectivity index (χ1v) is 6.79. The minimum absolute atomic E-state index is 0.00696. The summed E-state index contributed by atoms with van der Waals surface area (Å²) in [5.74, 6) is 0. The molecule has 0 radical (unpaired) electrons. The zero-order valence-corrected chi connectivity index (χ0v) is 11.5. The molecule has 2 nitrogen and oxygen atoms in total. The molecule has 84 valence electrons. The Morgan fingerprint density at radius 2 is 1.64 bits per heavy atom. The van der Waals surface area contributed by atoms with Gasteiger partial charge in [-0.3, -0.25) is 4.90 Å². The normalized spacial score (nSPS) is 32.1. The summed E-state index contributed by atoms with van der Waals surface area (Å²) in [7, 11) is 0. The Kier molecular flexibility index (Phi) is 4.21. The zero-order chi connectivity index (χ0) is 10.9. The van der Waals surface area contributed by atoms with Gasteiger partial charge in [0.1, 0.15) is 0 Å². The molecule has 0 saturated carbocycles. The van der Waals surface area contributed by atoms with E-state index in [0.717, 1.165) is 13.1 Å². The lowest BCUT2D eigenvalue weighted by atomic mass is 10.1. The molecule has 1 saturated heterocycles. The van der Waals surface area contributed by atoms with Gasteiger partial charge in [-0.2, -0.15) is 12.6 Å². The van der Waals surface area contributed by atoms with Gasteiger partial charge in [-0.05, 0) is 34.0 Å². The molecule has 1 fully saturated rings. The van der Waals surface area contributed by atoms with Crippen LogP contribution in [0.3, 0.4) is 0 Å². The molecular formula is C10H22N2S2. The van der Waals surface area contributed by atoms with Gasteiger partial charge < -0.3 is 0 Å². The topological polar surface area (TPSA) is 6.48 Å². The van der Waals surface area contributed by atoms with Gasteiger partial charge in [0.2, 0.25) is 0 Å². The lowest BCUT2D eigenvalue weighted by Gasteiger charge is -2.47. The molecule has 1 heterocycles. The molecule has 2 atom stereocenters. The van der Waals surface area contributed by atoms with Crippen molar-refractivity contribution in [2.75, 3.05) is 19.3 Å². The van der Waals surface area contributed by atoms with Gasteiger partial charge >= 0.3 is 0 Å². The molecule has 0 aromatic carbocycles. The van der Waals surface area contributed by atoms with Crippen molar-refractivity contribution in [3.8, 4) is 0 Å². The molecule has 14 heavy (non-hydrogen) atoms. The minimum atomic E-state index is 0.00696. The fourth-order valence-corrected chi connectivity index (χ4v) is 3.13. The fraction of sp³-hybridized carbons (Fsp3) is 1.00. The summed E-state index contributed by atoms with van der Waals surface area (Å²) in [6.45, 7) is 11.1. The fourth-order valence-electron chi connectivity index (χ4n) is 2.11. The third kappa shape index (κ3) is 2.81. The molecular weight excluding hydrogens is 212 g/mol. The molecule has 0 amide bonds. The van der Waals surface area contributed by atoms with Crippen LogP contribution in [0, 0.1) is 0 Å². The summed E-state index contributed by atoms with van der Waals surface area (Å²) in [5.41, 5.74) is 0. The van der Waals surface area contributed by atoms with Crippen molar-refractivity contribution >= 4 is 24.6 Å². The van der Waals surface area contributed by atoms with Crippen LogP contribution in [0.25, 0.3) is 0 Å². The lowest BCUT2D eigenvalue weighted by molar-refractivity contribution is 0.0741. The lowest BCUT2D eigenvalue weighted by Crippen LogP contribution is -2.58. The first-order valence-electron chi connectivity index (χ1n) is 5.16. The van der Waals surface area contributed by atoms with Crippen molar-refractivity contribution in [1.29, 1.82) is 0 Å². The second-order valence-corrected chi connectivity index (χ2v) is 6.52. The van der Waals surface area contributed by atoms with Crippen LogP contribution in [-0.2, 0) is 0 Å². The molecule has 0 aliphatic carbocycles. The molecule has 2 unspecified atom stereocenters. The quantitative estimate of drug-likeness (QED) is 0.579. The molecule has 0 spiro atoms. The standard InChI is InChI=1S/C10H22N2S2/c1-8-6-11(10(3,4)13)7-9(2)12(8)14-5/h8-9,13H,6-7H2,1-5H3. The van der Waals surface area contributed by atoms with Crippen molar-refractivity contribution in [2.24, 2.45) is 0 Å². The van der Waals surface area contributed by atoms with Crippen molar-refractivity contribution in [2.45, 2.75) is 44.6 Å². The van der Waals surface area contributed by atoms with Crippen LogP contribution < -0.4 is 0 Å². The number of hydrogen-bond acceptors (Lipinski definition) is 4. The number of thiol groups is 1. The van der Waals surface area contributed by atoms with Crippen molar-refractivity contribution in [3.05, 3.63) is 0 Å². The predicted molar refractivity (Wildman–Crippen MR) is 68.9 cm³/mol. The number of nitrogens with zero attached hydrogens (tertiary/aromatic N) is 2. The van der Waals surface area contributed by atoms with Gasteiger partial charge in [0, 0.05) is 25.2 Å². The Bertz CT molecular complexity index is 179. The summed E-state index contributed by atoms with van der Waals surface area (Å²) in [6.07, 6.45) is 2.16. The molecule has 0 N–H and O–H groups in total. The highest BCUT2D eigenvalue weighted by molar-refractivity contribution is 7.96. The van der Waals surface area contributed by atoms with Crippen LogP contribution in [0.4, 0.5) is 0 Å². The highest BCUT2D eigenvalue weighted by atomic mass is 32.2. The molecule has 0 aromatic rings. The van der Waals surface area contributed by atoms with E-state index in [2.05, 4.69) is 55.8 Å². The van der Waals surface area contributed by atoms with E-state index in [1.807, 2.05) is 11.9 Å². The van der Waals surface area contributed by atoms with Crippen molar-refractivity contribution in [1.82, 2.24) is 9.21 Å². The van der Waals surface area contributed by atoms with E-state index in [-0.39, 0.29) is 4.87 Å². The molecule has 0 bridgehead atoms. The van der Waals surface area contributed by atoms with Crippen LogP contribution in [0.1, 0.15) is 27.7 Å². The summed E-state index contributed by atoms with van der Waals surface area (Å²) in [6, 6.07) is 1.22. The number of rotatable bonds is 2. The molecule has 1 aliphatic heterocycles. The van der Waals surface area contributed by atoms with Gasteiger partial charge in [0.25, 0.3) is 0 Å². The predicted octanol–water partition coefficient (Wildman–Crippen LogP) is 2.32. The Balaban J connectivity index is 2.65. The average Bonchev–Trinajstić information content (AvgIpc) is 2.01. The van der Waals surface area contributed by atoms with Crippen LogP contribution in [-0.4, -0.2) is 45.5 Å². The smallest absolute Gasteiger partial charge is 0.0584 e. The monoisotopic (exact) mass is 234 g/mol. The molecule has 1 rings (SSSR count). The summed E-state index contributed by atoms with van der Waals surface area (Å²) in [5, 5.41) is 0. The SMILES string of the molecule is CSN1C(C)CN(C(C)(C)S)CC1C. The van der Waals surface area contributed by atoms with E-state index in [4.69, 9.17) is 0 Å². The molecule has 4 heteroatoms. The van der Waals surface area contributed by atoms with Gasteiger partial charge in [-0.1, -0.05) is 11.9 Å². The van der Waals surface area contributed by atoms with Gasteiger partial charge in [0.15, 0.2) is 0 Å². The maximum atomic E-state index is 4.64. The Morgan fingerprint density at radius 1 is 1.21 bits per heavy atom. The average molecular weight is 234 g/mol. The molecule has 1 aliphatic rings. The highest BCUT2D eigenvalue weighted by Crippen LogP contribution is 2.28. The maximum Gasteiger partial charge on any atom is 0.0584 e. The largest absolute Gasteiger partial charge is 0.286 e. The van der Waals surface area contributed by atoms with Gasteiger partial charge in [-0.25, -0.2) is 4.31 Å². The third-order valence-electron chi connectivity index (χ3n) is 2.82. The second-order valence-electron chi connectivity index (χ2n) is 4.64. The second kappa shape index (κ2) is 4.64. The first-order chi connectivity index (χ1) is 6.36. The minimum Gasteiger partial charge on any atom is -0.286 e. The summed E-state index contributed by atoms with van der Waals surface area (Å²) in [4.78, 5) is 2.46. The number of hydrogen-bond donors (Lipinski definition) is 1. The van der Waals surface area contributed by atoms with Crippen LogP contribution in [0.2, 0.25) is 0 Å². The zero-order valence-electron chi connectivity index (χ0n) is 9.82. The Hall–Kier alpha value is 0.620. The first kappa shape index (κ1) is 12.7. The molecule has 0 aromatic heterocycles. The summed E-state index contributed by atoms with van der Waals surface area (Å²) >= 11 is 6.49. The van der Waals surface area contributed by atoms with Crippen LogP contribution in [0.15, 0.2) is 0 Å². The Morgan fingerprint density at radius 3 is 1.93 bits per heavy atom. The summed E-state index contributed by atoms with van der Waals surface area (Å²) < 4.78 is 2.48. The van der Waals surface area contributed by atoms with Gasteiger partial charge in [0.05, 0.1) is 4.87 Å². The van der Waals surface area contributed by atoms with Crippen molar-refractivity contribution in [3.63, 3.8) is 0 Å². The highest BCUT2D eigenvalue weighted by Gasteiger charge is 2.34.